The Balaban J connectivity index is 1.17. The van der Waals surface area contributed by atoms with Gasteiger partial charge in [-0.3, -0.25) is 23.9 Å². The third-order valence-electron chi connectivity index (χ3n) is 10.7. The van der Waals surface area contributed by atoms with Gasteiger partial charge in [-0.1, -0.05) is 30.9 Å². The highest BCUT2D eigenvalue weighted by atomic mass is 32.2. The van der Waals surface area contributed by atoms with Gasteiger partial charge in [-0.25, -0.2) is 18.2 Å². The van der Waals surface area contributed by atoms with Gasteiger partial charge < -0.3 is 30.3 Å². The van der Waals surface area contributed by atoms with Gasteiger partial charge in [-0.15, -0.1) is 17.9 Å². The number of fused-ring (bicyclic) bond motifs is 1. The van der Waals surface area contributed by atoms with Crippen molar-refractivity contribution in [1.29, 1.82) is 0 Å². The van der Waals surface area contributed by atoms with E-state index in [4.69, 9.17) is 9.47 Å². The van der Waals surface area contributed by atoms with Crippen molar-refractivity contribution in [3.63, 3.8) is 0 Å². The molecule has 3 heterocycles. The van der Waals surface area contributed by atoms with Gasteiger partial charge in [0.15, 0.2) is 0 Å². The number of rotatable bonds is 15. The molecule has 2 aromatic heterocycles. The molecule has 3 aliphatic carbocycles. The van der Waals surface area contributed by atoms with Crippen LogP contribution < -0.4 is 25.4 Å². The van der Waals surface area contributed by atoms with Crippen LogP contribution in [0.4, 0.5) is 4.79 Å². The van der Waals surface area contributed by atoms with Gasteiger partial charge in [0.2, 0.25) is 33.6 Å². The summed E-state index contributed by atoms with van der Waals surface area (Å²) in [5, 5.41) is 10.8. The van der Waals surface area contributed by atoms with E-state index in [1.807, 2.05) is 41.8 Å². The van der Waals surface area contributed by atoms with Crippen LogP contribution >= 0.6 is 11.3 Å². The zero-order chi connectivity index (χ0) is 39.6. The Hall–Kier alpha value is -5.29. The molecule has 0 radical (unpaired) electrons. The molecule has 4 N–H and O–H groups in total. The standard InChI is InChI=1S/C39H44N6O9S2/c1-3-25-20-39(25,37(49)44-56(51,52)28-13-14-28)43-34(47)31-19-27(53-35-29-18-24(32-10-7-17-55-32)12-11-23(29)15-16-40-35)22-45(31)36(48)30(21-41-33(46)4-2)42-38(50)54-26-8-5-6-9-26/h3-4,7,10-12,15-18,25-28,30-31H,1-2,5-6,8-9,13-14,19-22H2,(H,41,46)(H,42,50)(H,43,47)(H,44,49)/t25-,27?,30+,31+,39-/m1/s1. The van der Waals surface area contributed by atoms with Crippen LogP contribution in [0, 0.1) is 5.92 Å². The van der Waals surface area contributed by atoms with Gasteiger partial charge in [0.1, 0.15) is 29.8 Å². The second-order valence-electron chi connectivity index (χ2n) is 14.7. The second-order valence-corrected chi connectivity index (χ2v) is 17.6. The first kappa shape index (κ1) is 39.0. The van der Waals surface area contributed by atoms with Crippen molar-refractivity contribution in [3.8, 4) is 16.3 Å². The number of carbonyl (C=O) groups is 5. The monoisotopic (exact) mass is 804 g/mol. The summed E-state index contributed by atoms with van der Waals surface area (Å²) in [6.07, 6.45) is 6.25. The molecule has 5 amide bonds. The first-order valence-corrected chi connectivity index (χ1v) is 21.1. The van der Waals surface area contributed by atoms with Crippen LogP contribution in [0.1, 0.15) is 51.4 Å². The lowest BCUT2D eigenvalue weighted by molar-refractivity contribution is -0.141. The van der Waals surface area contributed by atoms with Gasteiger partial charge in [0, 0.05) is 35.3 Å². The van der Waals surface area contributed by atoms with E-state index in [0.29, 0.717) is 31.1 Å². The number of sulfonamides is 1. The fourth-order valence-electron chi connectivity index (χ4n) is 7.39. The van der Waals surface area contributed by atoms with E-state index in [0.717, 1.165) is 34.7 Å². The predicted octanol–water partition coefficient (Wildman–Crippen LogP) is 3.32. The van der Waals surface area contributed by atoms with E-state index in [1.54, 1.807) is 17.5 Å². The van der Waals surface area contributed by atoms with Gasteiger partial charge in [0.05, 0.1) is 11.8 Å². The third kappa shape index (κ3) is 8.43. The molecule has 0 bridgehead atoms. The molecule has 4 fully saturated rings. The smallest absolute Gasteiger partial charge is 0.408 e. The van der Waals surface area contributed by atoms with Crippen molar-refractivity contribution in [3.05, 3.63) is 73.3 Å². The summed E-state index contributed by atoms with van der Waals surface area (Å²) < 4.78 is 39.6. The van der Waals surface area contributed by atoms with E-state index in [9.17, 15) is 32.4 Å². The highest BCUT2D eigenvalue weighted by Crippen LogP contribution is 2.45. The molecule has 3 aromatic rings. The molecule has 1 unspecified atom stereocenters. The summed E-state index contributed by atoms with van der Waals surface area (Å²) in [6, 6.07) is 9.11. The lowest BCUT2D eigenvalue weighted by atomic mass is 10.1. The molecule has 15 nitrogen and oxygen atoms in total. The Bertz CT molecular complexity index is 2150. The summed E-state index contributed by atoms with van der Waals surface area (Å²) in [7, 11) is -3.94. The van der Waals surface area contributed by atoms with Gasteiger partial charge >= 0.3 is 6.09 Å². The zero-order valence-electron chi connectivity index (χ0n) is 30.6. The Kier molecular flexibility index (Phi) is 11.2. The number of carbonyl (C=O) groups excluding carboxylic acids is 5. The predicted molar refractivity (Wildman–Crippen MR) is 208 cm³/mol. The average Bonchev–Trinajstić information content (AvgIpc) is 3.94. The van der Waals surface area contributed by atoms with Crippen molar-refractivity contribution in [2.75, 3.05) is 13.1 Å². The highest BCUT2D eigenvalue weighted by molar-refractivity contribution is 7.91. The number of nitrogens with one attached hydrogen (secondary N) is 4. The first-order valence-electron chi connectivity index (χ1n) is 18.7. The molecule has 56 heavy (non-hydrogen) atoms. The second kappa shape index (κ2) is 16.1. The van der Waals surface area contributed by atoms with Gasteiger partial charge in [-0.05, 0) is 85.6 Å². The summed E-state index contributed by atoms with van der Waals surface area (Å²) in [5.41, 5.74) is -0.649. The molecule has 17 heteroatoms. The number of nitrogens with zero attached hydrogens (tertiary/aromatic N) is 2. The number of likely N-dealkylation sites (tertiary alicyclic amines) is 1. The molecule has 1 aromatic carbocycles. The van der Waals surface area contributed by atoms with Crippen molar-refractivity contribution >= 4 is 61.9 Å². The van der Waals surface area contributed by atoms with Crippen LogP contribution in [0.15, 0.2) is 73.3 Å². The average molecular weight is 805 g/mol. The van der Waals surface area contributed by atoms with Gasteiger partial charge in [-0.2, -0.15) is 0 Å². The lowest BCUT2D eigenvalue weighted by Gasteiger charge is -2.30. The topological polar surface area (TPSA) is 202 Å². The third-order valence-corrected chi connectivity index (χ3v) is 13.5. The maximum atomic E-state index is 14.5. The Morgan fingerprint density at radius 1 is 1.05 bits per heavy atom. The Labute approximate surface area is 328 Å². The summed E-state index contributed by atoms with van der Waals surface area (Å²) in [5.74, 6) is -3.21. The van der Waals surface area contributed by atoms with E-state index in [1.165, 1.54) is 11.0 Å². The SMILES string of the molecule is C=CC(=O)NC[C@H](NC(=O)OC1CCCC1)C(=O)N1CC(Oc2nccc3ccc(-c4cccs4)cc23)C[C@H]1C(=O)N[C@]1(C(=O)NS(=O)(=O)C2CC2)C[C@H]1C=C. The lowest BCUT2D eigenvalue weighted by Crippen LogP contribution is -2.59. The number of hydrogen-bond acceptors (Lipinski definition) is 11. The maximum absolute atomic E-state index is 14.5. The molecule has 5 atom stereocenters. The largest absolute Gasteiger partial charge is 0.472 e. The molecule has 1 aliphatic heterocycles. The quantitative estimate of drug-likeness (QED) is 0.130. The summed E-state index contributed by atoms with van der Waals surface area (Å²) in [4.78, 5) is 74.4. The molecule has 4 aliphatic rings. The number of amides is 5. The first-order chi connectivity index (χ1) is 26.9. The molecular formula is C39H44N6O9S2. The fourth-order valence-corrected chi connectivity index (χ4v) is 9.48. The number of alkyl carbamates (subject to hydrolysis) is 1. The van der Waals surface area contributed by atoms with Crippen LogP contribution in [0.2, 0.25) is 0 Å². The number of pyridine rings is 1. The van der Waals surface area contributed by atoms with Crippen LogP contribution in [-0.4, -0.2) is 96.2 Å². The normalized spacial score (nSPS) is 23.8. The highest BCUT2D eigenvalue weighted by Gasteiger charge is 2.62. The van der Waals surface area contributed by atoms with Crippen LogP contribution in [0.5, 0.6) is 5.88 Å². The van der Waals surface area contributed by atoms with E-state index in [2.05, 4.69) is 38.8 Å². The summed E-state index contributed by atoms with van der Waals surface area (Å²) in [6.45, 7) is 6.73. The number of benzene rings is 1. The maximum Gasteiger partial charge on any atom is 0.408 e. The fraction of sp³-hybridized carbons (Fsp3) is 0.436. The molecule has 296 valence electrons. The van der Waals surface area contributed by atoms with Crippen LogP contribution in [0.25, 0.3) is 21.2 Å². The minimum Gasteiger partial charge on any atom is -0.472 e. The zero-order valence-corrected chi connectivity index (χ0v) is 32.2. The van der Waals surface area contributed by atoms with Crippen molar-refractivity contribution in [2.45, 2.75) is 86.4 Å². The van der Waals surface area contributed by atoms with E-state index < -0.39 is 74.6 Å². The molecular weight excluding hydrogens is 761 g/mol. The Morgan fingerprint density at radius 2 is 1.84 bits per heavy atom. The van der Waals surface area contributed by atoms with Crippen molar-refractivity contribution in [2.24, 2.45) is 5.92 Å². The van der Waals surface area contributed by atoms with Crippen LogP contribution in [0.3, 0.4) is 0 Å². The number of ether oxygens (including phenoxy) is 2. The molecule has 7 rings (SSSR count). The summed E-state index contributed by atoms with van der Waals surface area (Å²) >= 11 is 1.58. The van der Waals surface area contributed by atoms with Gasteiger partial charge in [0.25, 0.3) is 5.91 Å². The van der Waals surface area contributed by atoms with Crippen molar-refractivity contribution in [1.82, 2.24) is 30.6 Å². The number of aromatic nitrogens is 1. The number of thiophene rings is 1. The molecule has 1 saturated heterocycles. The molecule has 0 spiro atoms. The van der Waals surface area contributed by atoms with Crippen LogP contribution in [-0.2, 0) is 33.9 Å². The minimum absolute atomic E-state index is 0.0463. The number of hydrogen-bond donors (Lipinski definition) is 4. The molecule has 3 saturated carbocycles. The van der Waals surface area contributed by atoms with E-state index >= 15 is 0 Å². The Morgan fingerprint density at radius 3 is 2.52 bits per heavy atom. The minimum atomic E-state index is -3.94. The van der Waals surface area contributed by atoms with E-state index in [-0.39, 0.29) is 37.9 Å². The van der Waals surface area contributed by atoms with Crippen molar-refractivity contribution < 1.29 is 41.9 Å².